The third-order valence-electron chi connectivity index (χ3n) is 5.80. The minimum Gasteiger partial charge on any atom is -0.337 e. The van der Waals surface area contributed by atoms with Crippen molar-refractivity contribution in [1.29, 1.82) is 5.26 Å². The summed E-state index contributed by atoms with van der Waals surface area (Å²) in [6.07, 6.45) is 3.35. The van der Waals surface area contributed by atoms with Crippen molar-refractivity contribution in [3.05, 3.63) is 89.7 Å². The Bertz CT molecular complexity index is 1140. The monoisotopic (exact) mass is 442 g/mol. The number of rotatable bonds is 9. The van der Waals surface area contributed by atoms with Crippen LogP contribution in [0.25, 0.3) is 11.1 Å². The topological polar surface area (TPSA) is 77.0 Å². The lowest BCUT2D eigenvalue weighted by molar-refractivity contribution is 0.251. The highest BCUT2D eigenvalue weighted by molar-refractivity contribution is 5.89. The summed E-state index contributed by atoms with van der Waals surface area (Å²) >= 11 is 0. The summed E-state index contributed by atoms with van der Waals surface area (Å²) in [5.74, 6) is -0.258. The van der Waals surface area contributed by atoms with E-state index in [9.17, 15) is 9.18 Å². The Kier molecular flexibility index (Phi) is 7.33. The van der Waals surface area contributed by atoms with E-state index >= 15 is 0 Å². The average molecular weight is 443 g/mol. The van der Waals surface area contributed by atoms with Gasteiger partial charge in [-0.3, -0.25) is 0 Å². The molecule has 0 aromatic heterocycles. The highest BCUT2D eigenvalue weighted by Crippen LogP contribution is 2.26. The van der Waals surface area contributed by atoms with Crippen LogP contribution in [0.2, 0.25) is 0 Å². The number of benzene rings is 3. The van der Waals surface area contributed by atoms with Gasteiger partial charge < -0.3 is 16.0 Å². The van der Waals surface area contributed by atoms with Crippen molar-refractivity contribution in [2.24, 2.45) is 0 Å². The summed E-state index contributed by atoms with van der Waals surface area (Å²) in [6.45, 7) is 1.35. The van der Waals surface area contributed by atoms with Crippen molar-refractivity contribution in [3.63, 3.8) is 0 Å². The van der Waals surface area contributed by atoms with Crippen molar-refractivity contribution in [3.8, 4) is 17.2 Å². The highest BCUT2D eigenvalue weighted by atomic mass is 19.1. The van der Waals surface area contributed by atoms with Crippen LogP contribution in [0, 0.1) is 17.1 Å². The Balaban J connectivity index is 1.41. The zero-order chi connectivity index (χ0) is 23.0. The molecule has 1 fully saturated rings. The van der Waals surface area contributed by atoms with Gasteiger partial charge in [0.1, 0.15) is 5.82 Å². The first kappa shape index (κ1) is 22.5. The predicted octanol–water partition coefficient (Wildman–Crippen LogP) is 5.41. The molecule has 0 heterocycles. The predicted molar refractivity (Wildman–Crippen MR) is 128 cm³/mol. The molecule has 0 spiro atoms. The number of carbonyl (C=O) groups excluding carboxylic acids is 1. The summed E-state index contributed by atoms with van der Waals surface area (Å²) < 4.78 is 13.4. The number of nitriles is 1. The molecule has 1 unspecified atom stereocenters. The van der Waals surface area contributed by atoms with Gasteiger partial charge in [-0.15, -0.1) is 0 Å². The number of anilines is 1. The molecule has 1 aliphatic rings. The zero-order valence-electron chi connectivity index (χ0n) is 18.4. The summed E-state index contributed by atoms with van der Waals surface area (Å²) in [7, 11) is 0. The summed E-state index contributed by atoms with van der Waals surface area (Å²) in [5, 5.41) is 18.3. The van der Waals surface area contributed by atoms with Crippen LogP contribution in [0.1, 0.15) is 36.3 Å². The maximum Gasteiger partial charge on any atom is 0.319 e. The number of nitrogens with zero attached hydrogens (tertiary/aromatic N) is 1. The maximum absolute atomic E-state index is 13.4. The fourth-order valence-corrected chi connectivity index (χ4v) is 3.81. The van der Waals surface area contributed by atoms with Gasteiger partial charge in [0.25, 0.3) is 0 Å². The smallest absolute Gasteiger partial charge is 0.319 e. The molecule has 3 N–H and O–H groups in total. The first-order valence-corrected chi connectivity index (χ1v) is 11.2. The van der Waals surface area contributed by atoms with Gasteiger partial charge in [0, 0.05) is 24.2 Å². The molecular formula is C27H27FN4O. The summed E-state index contributed by atoms with van der Waals surface area (Å²) in [5.41, 5.74) is 4.24. The Hall–Kier alpha value is -3.69. The zero-order valence-corrected chi connectivity index (χ0v) is 18.4. The highest BCUT2D eigenvalue weighted by Gasteiger charge is 2.21. The van der Waals surface area contributed by atoms with Crippen molar-refractivity contribution < 1.29 is 9.18 Å². The molecule has 2 amide bonds. The van der Waals surface area contributed by atoms with Crippen molar-refractivity contribution >= 4 is 11.7 Å². The van der Waals surface area contributed by atoms with Gasteiger partial charge in [0.05, 0.1) is 11.6 Å². The van der Waals surface area contributed by atoms with Crippen LogP contribution in [-0.4, -0.2) is 25.2 Å². The van der Waals surface area contributed by atoms with E-state index < -0.39 is 5.82 Å². The van der Waals surface area contributed by atoms with Gasteiger partial charge in [-0.2, -0.15) is 5.26 Å². The average Bonchev–Trinajstić information content (AvgIpc) is 3.66. The van der Waals surface area contributed by atoms with Crippen molar-refractivity contribution in [1.82, 2.24) is 10.6 Å². The quantitative estimate of drug-likeness (QED) is 0.415. The minimum absolute atomic E-state index is 0.133. The number of amides is 2. The molecule has 0 saturated heterocycles. The van der Waals surface area contributed by atoms with E-state index in [1.807, 2.05) is 18.2 Å². The molecule has 4 rings (SSSR count). The Morgan fingerprint density at radius 3 is 2.55 bits per heavy atom. The van der Waals surface area contributed by atoms with E-state index in [1.165, 1.54) is 25.0 Å². The molecule has 5 nitrogen and oxygen atoms in total. The van der Waals surface area contributed by atoms with Crippen LogP contribution in [0.4, 0.5) is 14.9 Å². The summed E-state index contributed by atoms with van der Waals surface area (Å²) in [6, 6.07) is 24.1. The van der Waals surface area contributed by atoms with Gasteiger partial charge >= 0.3 is 6.03 Å². The molecule has 0 aliphatic heterocycles. The lowest BCUT2D eigenvalue weighted by Gasteiger charge is -2.19. The number of halogens is 1. The largest absolute Gasteiger partial charge is 0.337 e. The van der Waals surface area contributed by atoms with Gasteiger partial charge in [0.15, 0.2) is 0 Å². The fraction of sp³-hybridized carbons (Fsp3) is 0.259. The Labute approximate surface area is 193 Å². The van der Waals surface area contributed by atoms with E-state index in [4.69, 9.17) is 5.26 Å². The molecule has 3 aromatic rings. The summed E-state index contributed by atoms with van der Waals surface area (Å²) in [4.78, 5) is 12.4. The van der Waals surface area contributed by atoms with Crippen LogP contribution >= 0.6 is 0 Å². The Morgan fingerprint density at radius 1 is 1.03 bits per heavy atom. The van der Waals surface area contributed by atoms with E-state index in [0.717, 1.165) is 29.7 Å². The molecule has 33 heavy (non-hydrogen) atoms. The normalized spacial score (nSPS) is 13.7. The van der Waals surface area contributed by atoms with E-state index in [1.54, 1.807) is 18.2 Å². The van der Waals surface area contributed by atoms with Gasteiger partial charge in [-0.05, 0) is 72.8 Å². The molecule has 1 saturated carbocycles. The van der Waals surface area contributed by atoms with E-state index in [-0.39, 0.29) is 11.9 Å². The molecule has 1 atom stereocenters. The van der Waals surface area contributed by atoms with Gasteiger partial charge in [-0.25, -0.2) is 9.18 Å². The molecule has 0 radical (unpaired) electrons. The van der Waals surface area contributed by atoms with Gasteiger partial charge in [-0.1, -0.05) is 42.5 Å². The number of urea groups is 1. The first-order valence-electron chi connectivity index (χ1n) is 11.2. The van der Waals surface area contributed by atoms with Crippen LogP contribution in [0.15, 0.2) is 72.8 Å². The SMILES string of the molecule is N#Cc1cccc(-c2ccc(C(CCNC3CC3)CNC(=O)Nc3cccc(F)c3)cc2)c1. The number of carbonyl (C=O) groups is 1. The lowest BCUT2D eigenvalue weighted by Crippen LogP contribution is -2.33. The standard InChI is InChI=1S/C27H27FN4O/c28-24-5-2-6-26(16-24)32-27(33)31-18-23(13-14-30-25-11-12-25)21-9-7-20(8-10-21)22-4-1-3-19(15-22)17-29/h1-10,15-16,23,25,30H,11-14,18H2,(H2,31,32,33). The molecule has 0 bridgehead atoms. The van der Waals surface area contributed by atoms with E-state index in [2.05, 4.69) is 46.3 Å². The minimum atomic E-state index is -0.391. The van der Waals surface area contributed by atoms with Crippen molar-refractivity contribution in [2.45, 2.75) is 31.2 Å². The van der Waals surface area contributed by atoms with Crippen LogP contribution < -0.4 is 16.0 Å². The second-order valence-electron chi connectivity index (χ2n) is 8.37. The molecule has 6 heteroatoms. The number of hydrogen-bond acceptors (Lipinski definition) is 3. The molecular weight excluding hydrogens is 415 g/mol. The van der Waals surface area contributed by atoms with Crippen LogP contribution in [0.3, 0.4) is 0 Å². The second-order valence-corrected chi connectivity index (χ2v) is 8.37. The number of nitrogens with one attached hydrogen (secondary N) is 3. The van der Waals surface area contributed by atoms with Crippen LogP contribution in [0.5, 0.6) is 0 Å². The third kappa shape index (κ3) is 6.64. The number of hydrogen-bond donors (Lipinski definition) is 3. The lowest BCUT2D eigenvalue weighted by atomic mass is 9.93. The maximum atomic E-state index is 13.4. The fourth-order valence-electron chi connectivity index (χ4n) is 3.81. The molecule has 3 aromatic carbocycles. The van der Waals surface area contributed by atoms with E-state index in [0.29, 0.717) is 23.8 Å². The third-order valence-corrected chi connectivity index (χ3v) is 5.80. The van der Waals surface area contributed by atoms with Crippen molar-refractivity contribution in [2.75, 3.05) is 18.4 Å². The second kappa shape index (κ2) is 10.8. The van der Waals surface area contributed by atoms with Crippen LogP contribution in [-0.2, 0) is 0 Å². The molecule has 168 valence electrons. The Morgan fingerprint density at radius 2 is 1.82 bits per heavy atom. The van der Waals surface area contributed by atoms with Gasteiger partial charge in [0.2, 0.25) is 0 Å². The first-order chi connectivity index (χ1) is 16.1. The molecule has 1 aliphatic carbocycles.